The highest BCUT2D eigenvalue weighted by atomic mass is 16.5. The number of hydrogen-bond donors (Lipinski definition) is 1. The number of unbranched alkanes of at least 4 members (excludes halogenated alkanes) is 1. The molecular weight excluding hydrogens is 176 g/mol. The first kappa shape index (κ1) is 11.7. The van der Waals surface area contributed by atoms with E-state index in [1.54, 1.807) is 0 Å². The van der Waals surface area contributed by atoms with Crippen LogP contribution in [0.4, 0.5) is 0 Å². The van der Waals surface area contributed by atoms with Gasteiger partial charge >= 0.3 is 0 Å². The van der Waals surface area contributed by atoms with Crippen molar-refractivity contribution in [3.63, 3.8) is 0 Å². The number of aliphatic hydroxyl groups is 1. The predicted molar refractivity (Wildman–Crippen MR) is 58.3 cm³/mol. The Kier molecular flexibility index (Phi) is 5.88. The lowest BCUT2D eigenvalue weighted by Crippen LogP contribution is -2.10. The molecule has 0 aromatic carbocycles. The SMILES string of the molecule is C=CCC[C@@H]1CC[C@H](CCCCO)O1. The molecule has 2 atom stereocenters. The minimum Gasteiger partial charge on any atom is -0.396 e. The summed E-state index contributed by atoms with van der Waals surface area (Å²) in [6.45, 7) is 4.03. The summed E-state index contributed by atoms with van der Waals surface area (Å²) in [5.41, 5.74) is 0. The van der Waals surface area contributed by atoms with Crippen molar-refractivity contribution in [3.05, 3.63) is 12.7 Å². The van der Waals surface area contributed by atoms with E-state index in [2.05, 4.69) is 6.58 Å². The molecule has 2 heteroatoms. The lowest BCUT2D eigenvalue weighted by molar-refractivity contribution is 0.0349. The first-order valence-electron chi connectivity index (χ1n) is 5.74. The zero-order valence-corrected chi connectivity index (χ0v) is 8.95. The predicted octanol–water partition coefficient (Wildman–Crippen LogP) is 2.66. The zero-order chi connectivity index (χ0) is 10.2. The average Bonchev–Trinajstić information content (AvgIpc) is 2.63. The molecule has 0 spiro atoms. The summed E-state index contributed by atoms with van der Waals surface area (Å²) in [6.07, 6.45) is 10.6. The molecule has 1 aliphatic rings. The maximum Gasteiger partial charge on any atom is 0.0582 e. The van der Waals surface area contributed by atoms with Crippen molar-refractivity contribution in [2.24, 2.45) is 0 Å². The summed E-state index contributed by atoms with van der Waals surface area (Å²) in [5.74, 6) is 0. The molecule has 0 saturated carbocycles. The molecule has 0 aromatic rings. The first-order valence-corrected chi connectivity index (χ1v) is 5.74. The molecule has 1 rings (SSSR count). The second kappa shape index (κ2) is 7.02. The topological polar surface area (TPSA) is 29.5 Å². The third-order valence-electron chi connectivity index (χ3n) is 2.82. The first-order chi connectivity index (χ1) is 6.86. The minimum absolute atomic E-state index is 0.312. The molecule has 14 heavy (non-hydrogen) atoms. The van der Waals surface area contributed by atoms with Crippen LogP contribution in [0.2, 0.25) is 0 Å². The van der Waals surface area contributed by atoms with Gasteiger partial charge in [-0.1, -0.05) is 6.08 Å². The molecule has 1 aliphatic heterocycles. The highest BCUT2D eigenvalue weighted by molar-refractivity contribution is 4.77. The van der Waals surface area contributed by atoms with E-state index in [0.717, 1.165) is 32.1 Å². The van der Waals surface area contributed by atoms with Gasteiger partial charge in [-0.2, -0.15) is 0 Å². The molecule has 2 nitrogen and oxygen atoms in total. The van der Waals surface area contributed by atoms with Crippen LogP contribution in [0, 0.1) is 0 Å². The maximum atomic E-state index is 8.66. The van der Waals surface area contributed by atoms with Crippen LogP contribution >= 0.6 is 0 Å². The Morgan fingerprint density at radius 1 is 1.21 bits per heavy atom. The molecular formula is C12H22O2. The molecule has 0 unspecified atom stereocenters. The summed E-state index contributed by atoms with van der Waals surface area (Å²) in [5, 5.41) is 8.66. The van der Waals surface area contributed by atoms with E-state index in [-0.39, 0.29) is 0 Å². The Hall–Kier alpha value is -0.340. The van der Waals surface area contributed by atoms with Crippen molar-refractivity contribution in [3.8, 4) is 0 Å². The molecule has 0 aromatic heterocycles. The normalized spacial score (nSPS) is 26.6. The van der Waals surface area contributed by atoms with Crippen LogP contribution in [-0.4, -0.2) is 23.9 Å². The fraction of sp³-hybridized carbons (Fsp3) is 0.833. The Balaban J connectivity index is 2.04. The molecule has 1 heterocycles. The van der Waals surface area contributed by atoms with Gasteiger partial charge in [0.1, 0.15) is 0 Å². The van der Waals surface area contributed by atoms with Gasteiger partial charge in [0.25, 0.3) is 0 Å². The Labute approximate surface area is 87.0 Å². The van der Waals surface area contributed by atoms with E-state index in [0.29, 0.717) is 18.8 Å². The van der Waals surface area contributed by atoms with Crippen LogP contribution in [0.3, 0.4) is 0 Å². The number of ether oxygens (including phenoxy) is 1. The third-order valence-corrected chi connectivity index (χ3v) is 2.82. The van der Waals surface area contributed by atoms with E-state index < -0.39 is 0 Å². The van der Waals surface area contributed by atoms with E-state index in [4.69, 9.17) is 9.84 Å². The van der Waals surface area contributed by atoms with E-state index in [1.165, 1.54) is 12.8 Å². The van der Waals surface area contributed by atoms with E-state index in [9.17, 15) is 0 Å². The molecule has 0 bridgehead atoms. The minimum atomic E-state index is 0.312. The van der Waals surface area contributed by atoms with Gasteiger partial charge < -0.3 is 9.84 Å². The Morgan fingerprint density at radius 2 is 1.93 bits per heavy atom. The fourth-order valence-electron chi connectivity index (χ4n) is 1.99. The van der Waals surface area contributed by atoms with Gasteiger partial charge in [0, 0.05) is 6.61 Å². The maximum absolute atomic E-state index is 8.66. The van der Waals surface area contributed by atoms with E-state index in [1.807, 2.05) is 6.08 Å². The summed E-state index contributed by atoms with van der Waals surface area (Å²) < 4.78 is 5.88. The van der Waals surface area contributed by atoms with Crippen LogP contribution in [0.1, 0.15) is 44.9 Å². The standard InChI is InChI=1S/C12H22O2/c1-2-3-6-11-8-9-12(14-11)7-4-5-10-13/h2,11-13H,1,3-10H2/t11-,12+/m1/s1. The Bertz CT molecular complexity index is 156. The van der Waals surface area contributed by atoms with Crippen molar-refractivity contribution in [2.45, 2.75) is 57.2 Å². The summed E-state index contributed by atoms with van der Waals surface area (Å²) in [7, 11) is 0. The lowest BCUT2D eigenvalue weighted by atomic mass is 10.1. The van der Waals surface area contributed by atoms with Crippen molar-refractivity contribution in [2.75, 3.05) is 6.61 Å². The summed E-state index contributed by atoms with van der Waals surface area (Å²) in [4.78, 5) is 0. The summed E-state index contributed by atoms with van der Waals surface area (Å²) >= 11 is 0. The highest BCUT2D eigenvalue weighted by Crippen LogP contribution is 2.26. The lowest BCUT2D eigenvalue weighted by Gasteiger charge is -2.12. The van der Waals surface area contributed by atoms with Crippen LogP contribution in [-0.2, 0) is 4.74 Å². The molecule has 1 saturated heterocycles. The molecule has 0 amide bonds. The average molecular weight is 198 g/mol. The van der Waals surface area contributed by atoms with Gasteiger partial charge in [0.15, 0.2) is 0 Å². The Morgan fingerprint density at radius 3 is 2.57 bits per heavy atom. The number of aliphatic hydroxyl groups excluding tert-OH is 1. The van der Waals surface area contributed by atoms with Gasteiger partial charge in [-0.3, -0.25) is 0 Å². The molecule has 0 radical (unpaired) electrons. The van der Waals surface area contributed by atoms with E-state index >= 15 is 0 Å². The summed E-state index contributed by atoms with van der Waals surface area (Å²) in [6, 6.07) is 0. The van der Waals surface area contributed by atoms with Gasteiger partial charge in [-0.15, -0.1) is 6.58 Å². The van der Waals surface area contributed by atoms with Crippen LogP contribution in [0.5, 0.6) is 0 Å². The second-order valence-corrected chi connectivity index (χ2v) is 4.04. The fourth-order valence-corrected chi connectivity index (χ4v) is 1.99. The van der Waals surface area contributed by atoms with Crippen LogP contribution in [0.25, 0.3) is 0 Å². The van der Waals surface area contributed by atoms with Crippen LogP contribution in [0.15, 0.2) is 12.7 Å². The van der Waals surface area contributed by atoms with Crippen molar-refractivity contribution < 1.29 is 9.84 Å². The number of hydrogen-bond acceptors (Lipinski definition) is 2. The van der Waals surface area contributed by atoms with Crippen molar-refractivity contribution in [1.29, 1.82) is 0 Å². The second-order valence-electron chi connectivity index (χ2n) is 4.04. The van der Waals surface area contributed by atoms with Crippen molar-refractivity contribution >= 4 is 0 Å². The number of rotatable bonds is 7. The van der Waals surface area contributed by atoms with Gasteiger partial charge in [0.2, 0.25) is 0 Å². The smallest absolute Gasteiger partial charge is 0.0582 e. The van der Waals surface area contributed by atoms with Gasteiger partial charge in [0.05, 0.1) is 12.2 Å². The number of allylic oxidation sites excluding steroid dienone is 1. The molecule has 1 N–H and O–H groups in total. The van der Waals surface area contributed by atoms with Gasteiger partial charge in [-0.25, -0.2) is 0 Å². The zero-order valence-electron chi connectivity index (χ0n) is 8.95. The van der Waals surface area contributed by atoms with Crippen LogP contribution < -0.4 is 0 Å². The largest absolute Gasteiger partial charge is 0.396 e. The quantitative estimate of drug-likeness (QED) is 0.503. The molecule has 0 aliphatic carbocycles. The third kappa shape index (κ3) is 4.25. The monoisotopic (exact) mass is 198 g/mol. The molecule has 1 fully saturated rings. The van der Waals surface area contributed by atoms with Gasteiger partial charge in [-0.05, 0) is 44.9 Å². The highest BCUT2D eigenvalue weighted by Gasteiger charge is 2.23. The molecule has 82 valence electrons. The van der Waals surface area contributed by atoms with Crippen molar-refractivity contribution in [1.82, 2.24) is 0 Å².